The van der Waals surface area contributed by atoms with Gasteiger partial charge >= 0.3 is 0 Å². The van der Waals surface area contributed by atoms with E-state index in [9.17, 15) is 10.1 Å². The minimum Gasteiger partial charge on any atom is -0.312 e. The van der Waals surface area contributed by atoms with Crippen molar-refractivity contribution in [1.82, 2.24) is 9.55 Å². The van der Waals surface area contributed by atoms with Crippen molar-refractivity contribution in [3.63, 3.8) is 0 Å². The highest BCUT2D eigenvalue weighted by Gasteiger charge is 2.11. The smallest absolute Gasteiger partial charge is 0.269 e. The molecule has 0 aliphatic carbocycles. The molecule has 2 heterocycles. The lowest BCUT2D eigenvalue weighted by Gasteiger charge is -2.09. The molecule has 8 heteroatoms. The van der Waals surface area contributed by atoms with E-state index in [0.717, 1.165) is 27.3 Å². The summed E-state index contributed by atoms with van der Waals surface area (Å²) in [5.41, 5.74) is 5.06. The number of pyridine rings is 1. The van der Waals surface area contributed by atoms with Crippen LogP contribution in [0.15, 0.2) is 83.4 Å². The van der Waals surface area contributed by atoms with Crippen molar-refractivity contribution >= 4 is 39.7 Å². The van der Waals surface area contributed by atoms with Crippen LogP contribution < -0.4 is 4.80 Å². The molecule has 0 spiro atoms. The molecule has 0 N–H and O–H groups in total. The van der Waals surface area contributed by atoms with Crippen molar-refractivity contribution in [2.45, 2.75) is 13.5 Å². The van der Waals surface area contributed by atoms with Gasteiger partial charge in [-0.2, -0.15) is 0 Å². The van der Waals surface area contributed by atoms with Crippen LogP contribution in [0.5, 0.6) is 0 Å². The highest BCUT2D eigenvalue weighted by molar-refractivity contribution is 8.93. The molecule has 152 valence electrons. The Labute approximate surface area is 188 Å². The Kier molecular flexibility index (Phi) is 6.91. The van der Waals surface area contributed by atoms with E-state index < -0.39 is 0 Å². The molecule has 0 fully saturated rings. The standard InChI is InChI=1S/C22H18N4O2S.BrH/c1-16-4-8-19(9-5-16)24-22-25(14-17-3-2-12-23-13-17)21(15-29-22)18-6-10-20(11-7-18)26(27)28;/h2-13,15H,14H2,1H3;1H. The SMILES string of the molecule is Br.Cc1ccc(N=c2scc(-c3ccc([N+](=O)[O-])cc3)n2Cc2cccnc2)cc1. The highest BCUT2D eigenvalue weighted by atomic mass is 79.9. The molecule has 6 nitrogen and oxygen atoms in total. The van der Waals surface area contributed by atoms with Gasteiger partial charge in [-0.3, -0.25) is 15.1 Å². The van der Waals surface area contributed by atoms with Gasteiger partial charge in [-0.05, 0) is 48.4 Å². The van der Waals surface area contributed by atoms with Crippen molar-refractivity contribution < 1.29 is 4.92 Å². The van der Waals surface area contributed by atoms with Crippen molar-refractivity contribution in [2.75, 3.05) is 0 Å². The molecule has 2 aromatic heterocycles. The lowest BCUT2D eigenvalue weighted by Crippen LogP contribution is -2.16. The van der Waals surface area contributed by atoms with E-state index in [-0.39, 0.29) is 27.6 Å². The number of non-ortho nitro benzene ring substituents is 1. The maximum absolute atomic E-state index is 11.0. The van der Waals surface area contributed by atoms with Crippen LogP contribution in [0.3, 0.4) is 0 Å². The average molecular weight is 483 g/mol. The number of nitrogens with zero attached hydrogens (tertiary/aromatic N) is 4. The summed E-state index contributed by atoms with van der Waals surface area (Å²) in [5.74, 6) is 0. The first-order chi connectivity index (χ1) is 14.1. The lowest BCUT2D eigenvalue weighted by atomic mass is 10.1. The Bertz CT molecular complexity index is 1200. The molecule has 0 aliphatic rings. The van der Waals surface area contributed by atoms with Crippen LogP contribution in [-0.4, -0.2) is 14.5 Å². The van der Waals surface area contributed by atoms with E-state index in [1.165, 1.54) is 17.7 Å². The monoisotopic (exact) mass is 482 g/mol. The van der Waals surface area contributed by atoms with Crippen LogP contribution in [-0.2, 0) is 6.54 Å². The van der Waals surface area contributed by atoms with Gasteiger partial charge in [-0.15, -0.1) is 28.3 Å². The normalized spacial score (nSPS) is 11.2. The summed E-state index contributed by atoms with van der Waals surface area (Å²) >= 11 is 1.54. The second kappa shape index (κ2) is 9.60. The van der Waals surface area contributed by atoms with E-state index in [2.05, 4.69) is 9.55 Å². The summed E-state index contributed by atoms with van der Waals surface area (Å²) in [4.78, 5) is 20.5. The molecule has 0 unspecified atom stereocenters. The molecule has 2 aromatic carbocycles. The predicted octanol–water partition coefficient (Wildman–Crippen LogP) is 5.69. The summed E-state index contributed by atoms with van der Waals surface area (Å²) in [6, 6.07) is 18.6. The van der Waals surface area contributed by atoms with Gasteiger partial charge in [0.15, 0.2) is 4.80 Å². The van der Waals surface area contributed by atoms with E-state index in [4.69, 9.17) is 4.99 Å². The third-order valence-corrected chi connectivity index (χ3v) is 5.36. The van der Waals surface area contributed by atoms with Crippen molar-refractivity contribution in [2.24, 2.45) is 4.99 Å². The Morgan fingerprint density at radius 1 is 1.10 bits per heavy atom. The summed E-state index contributed by atoms with van der Waals surface area (Å²) < 4.78 is 2.11. The Balaban J connectivity index is 0.00000256. The number of halogens is 1. The number of nitro benzene ring substituents is 1. The fraction of sp³-hybridized carbons (Fsp3) is 0.0909. The fourth-order valence-corrected chi connectivity index (χ4v) is 3.89. The van der Waals surface area contributed by atoms with Crippen LogP contribution in [0.1, 0.15) is 11.1 Å². The van der Waals surface area contributed by atoms with Gasteiger partial charge < -0.3 is 4.57 Å². The zero-order valence-electron chi connectivity index (χ0n) is 16.1. The number of rotatable bonds is 5. The van der Waals surface area contributed by atoms with Crippen LogP contribution >= 0.6 is 28.3 Å². The average Bonchev–Trinajstić information content (AvgIpc) is 3.12. The lowest BCUT2D eigenvalue weighted by molar-refractivity contribution is -0.384. The molecule has 0 saturated heterocycles. The molecule has 0 aliphatic heterocycles. The number of benzene rings is 2. The summed E-state index contributed by atoms with van der Waals surface area (Å²) in [6.07, 6.45) is 3.58. The summed E-state index contributed by atoms with van der Waals surface area (Å²) in [7, 11) is 0. The zero-order chi connectivity index (χ0) is 20.2. The Morgan fingerprint density at radius 2 is 1.83 bits per heavy atom. The van der Waals surface area contributed by atoms with Crippen molar-refractivity contribution in [1.29, 1.82) is 0 Å². The topological polar surface area (TPSA) is 73.3 Å². The quantitative estimate of drug-likeness (QED) is 0.271. The van der Waals surface area contributed by atoms with Gasteiger partial charge in [-0.1, -0.05) is 23.8 Å². The molecule has 30 heavy (non-hydrogen) atoms. The first kappa shape index (κ1) is 21.6. The summed E-state index contributed by atoms with van der Waals surface area (Å²) in [6.45, 7) is 2.65. The minimum atomic E-state index is -0.390. The largest absolute Gasteiger partial charge is 0.312 e. The van der Waals surface area contributed by atoms with E-state index in [0.29, 0.717) is 6.54 Å². The number of hydrogen-bond acceptors (Lipinski definition) is 5. The molecular formula is C22H19BrN4O2S. The van der Waals surface area contributed by atoms with Crippen LogP contribution in [0.25, 0.3) is 11.3 Å². The van der Waals surface area contributed by atoms with Gasteiger partial charge in [0.2, 0.25) is 0 Å². The van der Waals surface area contributed by atoms with Crippen molar-refractivity contribution in [3.05, 3.63) is 104 Å². The van der Waals surface area contributed by atoms with Gasteiger partial charge in [0.1, 0.15) is 0 Å². The van der Waals surface area contributed by atoms with Gasteiger partial charge in [0.05, 0.1) is 22.8 Å². The third kappa shape index (κ3) is 4.90. The second-order valence-electron chi connectivity index (χ2n) is 6.60. The van der Waals surface area contributed by atoms with Gasteiger partial charge in [0, 0.05) is 29.9 Å². The summed E-state index contributed by atoms with van der Waals surface area (Å²) in [5, 5.41) is 13.0. The minimum absolute atomic E-state index is 0. The molecule has 0 bridgehead atoms. The molecule has 4 rings (SSSR count). The maximum atomic E-state index is 11.0. The number of hydrogen-bond donors (Lipinski definition) is 0. The number of thiazole rings is 1. The molecule has 0 amide bonds. The molecule has 0 radical (unpaired) electrons. The molecular weight excluding hydrogens is 464 g/mol. The van der Waals surface area contributed by atoms with Gasteiger partial charge in [-0.25, -0.2) is 4.99 Å². The third-order valence-electron chi connectivity index (χ3n) is 4.49. The van der Waals surface area contributed by atoms with E-state index >= 15 is 0 Å². The second-order valence-corrected chi connectivity index (χ2v) is 7.44. The zero-order valence-corrected chi connectivity index (χ0v) is 18.7. The van der Waals surface area contributed by atoms with Gasteiger partial charge in [0.25, 0.3) is 5.69 Å². The fourth-order valence-electron chi connectivity index (χ4n) is 2.96. The van der Waals surface area contributed by atoms with Crippen molar-refractivity contribution in [3.8, 4) is 11.3 Å². The first-order valence-corrected chi connectivity index (χ1v) is 9.91. The number of aromatic nitrogens is 2. The highest BCUT2D eigenvalue weighted by Crippen LogP contribution is 2.24. The molecule has 0 saturated carbocycles. The van der Waals surface area contributed by atoms with Crippen LogP contribution in [0.2, 0.25) is 0 Å². The van der Waals surface area contributed by atoms with E-state index in [1.54, 1.807) is 29.7 Å². The Morgan fingerprint density at radius 3 is 2.47 bits per heavy atom. The van der Waals surface area contributed by atoms with E-state index in [1.807, 2.05) is 54.9 Å². The first-order valence-electron chi connectivity index (χ1n) is 9.03. The van der Waals surface area contributed by atoms with Crippen LogP contribution in [0.4, 0.5) is 11.4 Å². The Hall–Kier alpha value is -3.10. The molecule has 4 aromatic rings. The number of aryl methyl sites for hydroxylation is 1. The predicted molar refractivity (Wildman–Crippen MR) is 124 cm³/mol. The number of nitro groups is 1. The van der Waals surface area contributed by atoms with Crippen LogP contribution in [0, 0.1) is 17.0 Å². The maximum Gasteiger partial charge on any atom is 0.269 e. The molecule has 0 atom stereocenters.